The quantitative estimate of drug-likeness (QED) is 0.487. The predicted octanol–water partition coefficient (Wildman–Crippen LogP) is 2.94. The molecule has 0 unspecified atom stereocenters. The van der Waals surface area contributed by atoms with E-state index in [2.05, 4.69) is 10.6 Å². The zero-order valence-electron chi connectivity index (χ0n) is 12.9. The number of hydrogen-bond acceptors (Lipinski definition) is 6. The molecule has 25 heavy (non-hydrogen) atoms. The van der Waals surface area contributed by atoms with Gasteiger partial charge in [-0.2, -0.15) is 0 Å². The molecule has 10 heteroatoms. The van der Waals surface area contributed by atoms with Crippen LogP contribution in [0.5, 0.6) is 0 Å². The van der Waals surface area contributed by atoms with Crippen molar-refractivity contribution in [2.75, 3.05) is 5.32 Å². The molecule has 0 saturated carbocycles. The van der Waals surface area contributed by atoms with E-state index in [9.17, 15) is 25.0 Å². The van der Waals surface area contributed by atoms with E-state index in [4.69, 9.17) is 12.2 Å². The molecule has 128 valence electrons. The Morgan fingerprint density at radius 2 is 1.80 bits per heavy atom. The lowest BCUT2D eigenvalue weighted by atomic mass is 10.2. The molecule has 1 amide bonds. The average molecular weight is 360 g/mol. The van der Waals surface area contributed by atoms with Crippen LogP contribution >= 0.6 is 12.2 Å². The van der Waals surface area contributed by atoms with Gasteiger partial charge in [0.05, 0.1) is 9.85 Å². The van der Waals surface area contributed by atoms with E-state index in [1.165, 1.54) is 24.3 Å². The number of anilines is 1. The molecule has 0 aromatic heterocycles. The van der Waals surface area contributed by atoms with E-state index in [0.717, 1.165) is 6.07 Å². The summed E-state index contributed by atoms with van der Waals surface area (Å²) in [4.78, 5) is 32.6. The first kappa shape index (κ1) is 17.9. The number of aryl methyl sites for hydroxylation is 1. The second-order valence-corrected chi connectivity index (χ2v) is 5.38. The van der Waals surface area contributed by atoms with E-state index in [1.807, 2.05) is 0 Å². The Balaban J connectivity index is 2.09. The maximum absolute atomic E-state index is 12.1. The highest BCUT2D eigenvalue weighted by Crippen LogP contribution is 2.22. The number of thiocarbonyl (C=S) groups is 1. The highest BCUT2D eigenvalue weighted by atomic mass is 32.1. The highest BCUT2D eigenvalue weighted by molar-refractivity contribution is 7.80. The summed E-state index contributed by atoms with van der Waals surface area (Å²) in [6, 6.07) is 9.59. The molecule has 2 aromatic carbocycles. The van der Waals surface area contributed by atoms with Gasteiger partial charge in [-0.1, -0.05) is 12.1 Å². The number of nitro benzene ring substituents is 2. The summed E-state index contributed by atoms with van der Waals surface area (Å²) in [6.07, 6.45) is 0. The van der Waals surface area contributed by atoms with Gasteiger partial charge in [-0.05, 0) is 31.3 Å². The summed E-state index contributed by atoms with van der Waals surface area (Å²) in [7, 11) is 0. The van der Waals surface area contributed by atoms with Crippen molar-refractivity contribution >= 4 is 40.3 Å². The molecule has 0 radical (unpaired) electrons. The van der Waals surface area contributed by atoms with Crippen LogP contribution < -0.4 is 10.6 Å². The number of nitrogens with zero attached hydrogens (tertiary/aromatic N) is 2. The lowest BCUT2D eigenvalue weighted by Gasteiger charge is -2.10. The maximum atomic E-state index is 12.1. The van der Waals surface area contributed by atoms with Crippen LogP contribution in [0.4, 0.5) is 17.1 Å². The molecular weight excluding hydrogens is 348 g/mol. The molecule has 0 aliphatic heterocycles. The minimum atomic E-state index is -0.636. The standard InChI is InChI=1S/C15H12N4O5S/c1-9-5-6-11(8-13(9)19(23)24)16-15(25)17-14(20)10-3-2-4-12(7-10)18(21)22/h2-8H,1H3,(H2,16,17,20,25). The largest absolute Gasteiger partial charge is 0.332 e. The molecule has 0 aliphatic rings. The van der Waals surface area contributed by atoms with Gasteiger partial charge < -0.3 is 5.32 Å². The SMILES string of the molecule is Cc1ccc(NC(=S)NC(=O)c2cccc([N+](=O)[O-])c2)cc1[N+](=O)[O-]. The van der Waals surface area contributed by atoms with E-state index in [-0.39, 0.29) is 22.1 Å². The summed E-state index contributed by atoms with van der Waals surface area (Å²) in [5.41, 5.74) is 0.579. The topological polar surface area (TPSA) is 127 Å². The average Bonchev–Trinajstić information content (AvgIpc) is 2.56. The smallest absolute Gasteiger partial charge is 0.274 e. The number of nitrogens with one attached hydrogen (secondary N) is 2. The number of benzene rings is 2. The Bertz CT molecular complexity index is 884. The van der Waals surface area contributed by atoms with Crippen LogP contribution in [0.3, 0.4) is 0 Å². The number of hydrogen-bond donors (Lipinski definition) is 2. The van der Waals surface area contributed by atoms with E-state index < -0.39 is 15.8 Å². The number of nitro groups is 2. The van der Waals surface area contributed by atoms with Crippen molar-refractivity contribution in [1.82, 2.24) is 5.32 Å². The van der Waals surface area contributed by atoms with Crippen molar-refractivity contribution in [1.29, 1.82) is 0 Å². The molecule has 0 spiro atoms. The van der Waals surface area contributed by atoms with Crippen molar-refractivity contribution < 1.29 is 14.6 Å². The van der Waals surface area contributed by atoms with Crippen molar-refractivity contribution in [2.45, 2.75) is 6.92 Å². The van der Waals surface area contributed by atoms with E-state index in [1.54, 1.807) is 19.1 Å². The molecule has 2 N–H and O–H groups in total. The number of carbonyl (C=O) groups excluding carboxylic acids is 1. The first-order valence-electron chi connectivity index (χ1n) is 6.90. The van der Waals surface area contributed by atoms with Crippen LogP contribution in [-0.2, 0) is 0 Å². The zero-order valence-corrected chi connectivity index (χ0v) is 13.7. The molecular formula is C15H12N4O5S. The summed E-state index contributed by atoms with van der Waals surface area (Å²) >= 11 is 4.99. The van der Waals surface area contributed by atoms with E-state index >= 15 is 0 Å². The minimum Gasteiger partial charge on any atom is -0.332 e. The van der Waals surface area contributed by atoms with Crippen LogP contribution in [-0.4, -0.2) is 20.9 Å². The molecule has 0 heterocycles. The van der Waals surface area contributed by atoms with Crippen molar-refractivity contribution in [3.05, 3.63) is 73.8 Å². The van der Waals surface area contributed by atoms with Gasteiger partial charge >= 0.3 is 0 Å². The van der Waals surface area contributed by atoms with Crippen LogP contribution in [0.2, 0.25) is 0 Å². The van der Waals surface area contributed by atoms with Crippen LogP contribution in [0.25, 0.3) is 0 Å². The Morgan fingerprint density at radius 1 is 1.08 bits per heavy atom. The Labute approximate surface area is 147 Å². The first-order valence-corrected chi connectivity index (χ1v) is 7.30. The Kier molecular flexibility index (Phi) is 5.35. The third-order valence-corrected chi connectivity index (χ3v) is 3.41. The second kappa shape index (κ2) is 7.45. The number of non-ortho nitro benzene ring substituents is 1. The summed E-state index contributed by atoms with van der Waals surface area (Å²) in [6.45, 7) is 1.60. The summed E-state index contributed by atoms with van der Waals surface area (Å²) in [5.74, 6) is -0.636. The van der Waals surface area contributed by atoms with Crippen LogP contribution in [0, 0.1) is 27.2 Å². The van der Waals surface area contributed by atoms with Crippen LogP contribution in [0.15, 0.2) is 42.5 Å². The predicted molar refractivity (Wildman–Crippen MR) is 94.6 cm³/mol. The Morgan fingerprint density at radius 3 is 2.44 bits per heavy atom. The molecule has 9 nitrogen and oxygen atoms in total. The van der Waals surface area contributed by atoms with Gasteiger partial charge in [0.2, 0.25) is 0 Å². The molecule has 2 rings (SSSR count). The minimum absolute atomic E-state index is 0.0632. The van der Waals surface area contributed by atoms with Gasteiger partial charge in [-0.3, -0.25) is 30.3 Å². The highest BCUT2D eigenvalue weighted by Gasteiger charge is 2.14. The van der Waals surface area contributed by atoms with Crippen molar-refractivity contribution in [2.24, 2.45) is 0 Å². The molecule has 0 atom stereocenters. The normalized spacial score (nSPS) is 9.96. The van der Waals surface area contributed by atoms with Crippen molar-refractivity contribution in [3.63, 3.8) is 0 Å². The molecule has 2 aromatic rings. The number of carbonyl (C=O) groups is 1. The monoisotopic (exact) mass is 360 g/mol. The van der Waals surface area contributed by atoms with Gasteiger partial charge in [0.25, 0.3) is 17.3 Å². The van der Waals surface area contributed by atoms with Crippen molar-refractivity contribution in [3.8, 4) is 0 Å². The van der Waals surface area contributed by atoms with E-state index in [0.29, 0.717) is 11.3 Å². The summed E-state index contributed by atoms with van der Waals surface area (Å²) in [5, 5.41) is 26.6. The molecule has 0 aliphatic carbocycles. The van der Waals surface area contributed by atoms with Gasteiger partial charge in [-0.25, -0.2) is 0 Å². The third kappa shape index (κ3) is 4.54. The first-order chi connectivity index (χ1) is 11.8. The van der Waals surface area contributed by atoms with Gasteiger partial charge in [-0.15, -0.1) is 0 Å². The third-order valence-electron chi connectivity index (χ3n) is 3.21. The Hall–Kier alpha value is -3.40. The molecule has 0 fully saturated rings. The molecule has 0 saturated heterocycles. The summed E-state index contributed by atoms with van der Waals surface area (Å²) < 4.78 is 0. The lowest BCUT2D eigenvalue weighted by molar-refractivity contribution is -0.385. The lowest BCUT2D eigenvalue weighted by Crippen LogP contribution is -2.34. The van der Waals surface area contributed by atoms with Gasteiger partial charge in [0, 0.05) is 35.0 Å². The van der Waals surface area contributed by atoms with Gasteiger partial charge in [0.1, 0.15) is 0 Å². The number of rotatable bonds is 4. The zero-order chi connectivity index (χ0) is 18.6. The fourth-order valence-corrected chi connectivity index (χ4v) is 2.19. The van der Waals surface area contributed by atoms with Crippen LogP contribution in [0.1, 0.15) is 15.9 Å². The fourth-order valence-electron chi connectivity index (χ4n) is 1.98. The second-order valence-electron chi connectivity index (χ2n) is 4.97. The fraction of sp³-hybridized carbons (Fsp3) is 0.0667. The van der Waals surface area contributed by atoms with Gasteiger partial charge in [0.15, 0.2) is 5.11 Å². The molecule has 0 bridgehead atoms. The number of amides is 1. The maximum Gasteiger partial charge on any atom is 0.274 e.